The summed E-state index contributed by atoms with van der Waals surface area (Å²) in [7, 11) is 0. The van der Waals surface area contributed by atoms with Gasteiger partial charge in [-0.25, -0.2) is 4.79 Å². The van der Waals surface area contributed by atoms with Gasteiger partial charge in [-0.1, -0.05) is 55.9 Å². The van der Waals surface area contributed by atoms with Crippen LogP contribution in [0.15, 0.2) is 72.4 Å². The lowest BCUT2D eigenvalue weighted by Crippen LogP contribution is -2.50. The highest BCUT2D eigenvalue weighted by Crippen LogP contribution is 2.42. The predicted octanol–water partition coefficient (Wildman–Crippen LogP) is 7.14. The smallest absolute Gasteiger partial charge is 0.416 e. The van der Waals surface area contributed by atoms with Crippen LogP contribution in [0.4, 0.5) is 18.9 Å². The lowest BCUT2D eigenvalue weighted by Gasteiger charge is -2.47. The molecule has 0 radical (unpaired) electrons. The molecule has 0 spiro atoms. The van der Waals surface area contributed by atoms with Gasteiger partial charge in [-0.3, -0.25) is 0 Å². The predicted molar refractivity (Wildman–Crippen MR) is 131 cm³/mol. The molecule has 1 aromatic carbocycles. The zero-order valence-electron chi connectivity index (χ0n) is 20.1. The van der Waals surface area contributed by atoms with Crippen LogP contribution in [0.25, 0.3) is 0 Å². The highest BCUT2D eigenvalue weighted by Gasteiger charge is 2.40. The van der Waals surface area contributed by atoms with E-state index in [0.717, 1.165) is 11.3 Å². The van der Waals surface area contributed by atoms with Gasteiger partial charge >= 0.3 is 12.1 Å². The lowest BCUT2D eigenvalue weighted by atomic mass is 9.73. The number of esters is 1. The topological polar surface area (TPSA) is 29.5 Å². The molecular weight excluding hydrogens is 439 g/mol. The maximum atomic E-state index is 13.2. The summed E-state index contributed by atoms with van der Waals surface area (Å²) < 4.78 is 44.8. The van der Waals surface area contributed by atoms with Gasteiger partial charge in [-0.2, -0.15) is 13.2 Å². The Labute approximate surface area is 200 Å². The van der Waals surface area contributed by atoms with E-state index in [2.05, 4.69) is 49.6 Å². The van der Waals surface area contributed by atoms with Crippen LogP contribution in [0.5, 0.6) is 0 Å². The standard InChI is InChI=1S/C28H34F3NO2/c1-5-7-25-22(18-26(33)34-6-2)16-17-32(24-14-10-20(11-15-24)19(3)4)27(25)21-8-12-23(13-9-21)28(29,30)31/h5,8,10-15,18-19,21,25,27H,1,6-7,9,16-17H2,2-4H3/b22-18+/t21?,25-,27+/m1/s1. The fourth-order valence-electron chi connectivity index (χ4n) is 4.99. The molecule has 1 aromatic rings. The first kappa shape index (κ1) is 25.9. The largest absolute Gasteiger partial charge is 0.463 e. The summed E-state index contributed by atoms with van der Waals surface area (Å²) in [4.78, 5) is 14.6. The molecule has 2 aliphatic rings. The van der Waals surface area contributed by atoms with Gasteiger partial charge < -0.3 is 9.64 Å². The van der Waals surface area contributed by atoms with Crippen LogP contribution < -0.4 is 4.90 Å². The van der Waals surface area contributed by atoms with Crippen molar-refractivity contribution in [3.8, 4) is 0 Å². The molecule has 1 fully saturated rings. The van der Waals surface area contributed by atoms with Gasteiger partial charge in [0.15, 0.2) is 0 Å². The Kier molecular flexibility index (Phi) is 8.45. The highest BCUT2D eigenvalue weighted by atomic mass is 19.4. The quantitative estimate of drug-likeness (QED) is 0.240. The van der Waals surface area contributed by atoms with Crippen LogP contribution in [0.3, 0.4) is 0 Å². The number of anilines is 1. The van der Waals surface area contributed by atoms with Gasteiger partial charge in [0.25, 0.3) is 0 Å². The minimum absolute atomic E-state index is 0.0593. The van der Waals surface area contributed by atoms with Crippen molar-refractivity contribution in [3.63, 3.8) is 0 Å². The monoisotopic (exact) mass is 473 g/mol. The Morgan fingerprint density at radius 3 is 2.50 bits per heavy atom. The summed E-state index contributed by atoms with van der Waals surface area (Å²) in [5.74, 6) is -0.160. The average Bonchev–Trinajstić information content (AvgIpc) is 2.80. The second-order valence-electron chi connectivity index (χ2n) is 9.20. The average molecular weight is 474 g/mol. The maximum Gasteiger partial charge on any atom is 0.416 e. The first-order valence-corrected chi connectivity index (χ1v) is 12.0. The van der Waals surface area contributed by atoms with Crippen molar-refractivity contribution in [3.05, 3.63) is 77.9 Å². The number of carbonyl (C=O) groups excluding carboxylic acids is 1. The number of allylic oxidation sites excluding steroid dienone is 4. The third-order valence-corrected chi connectivity index (χ3v) is 6.69. The van der Waals surface area contributed by atoms with Crippen molar-refractivity contribution in [2.45, 2.75) is 58.2 Å². The molecule has 1 aliphatic carbocycles. The van der Waals surface area contributed by atoms with E-state index in [0.29, 0.717) is 31.9 Å². The molecule has 0 bridgehead atoms. The number of carbonyl (C=O) groups is 1. The van der Waals surface area contributed by atoms with Crippen molar-refractivity contribution in [1.29, 1.82) is 0 Å². The minimum atomic E-state index is -4.35. The van der Waals surface area contributed by atoms with E-state index in [9.17, 15) is 18.0 Å². The van der Waals surface area contributed by atoms with Crippen LogP contribution in [0, 0.1) is 11.8 Å². The van der Waals surface area contributed by atoms with Crippen LogP contribution in [-0.2, 0) is 9.53 Å². The molecule has 1 aliphatic heterocycles. The van der Waals surface area contributed by atoms with E-state index >= 15 is 0 Å². The molecule has 184 valence electrons. The number of piperidine rings is 1. The molecule has 3 atom stereocenters. The van der Waals surface area contributed by atoms with E-state index in [1.807, 2.05) is 6.08 Å². The molecule has 1 heterocycles. The number of hydrogen-bond donors (Lipinski definition) is 0. The molecule has 0 N–H and O–H groups in total. The van der Waals surface area contributed by atoms with Gasteiger partial charge in [-0.05, 0) is 49.8 Å². The molecule has 3 nitrogen and oxygen atoms in total. The summed E-state index contributed by atoms with van der Waals surface area (Å²) in [6, 6.07) is 8.30. The lowest BCUT2D eigenvalue weighted by molar-refractivity contribution is -0.137. The summed E-state index contributed by atoms with van der Waals surface area (Å²) >= 11 is 0. The van der Waals surface area contributed by atoms with Crippen LogP contribution in [0.2, 0.25) is 0 Å². The van der Waals surface area contributed by atoms with E-state index in [-0.39, 0.29) is 30.3 Å². The van der Waals surface area contributed by atoms with Gasteiger partial charge in [0.05, 0.1) is 12.2 Å². The number of benzene rings is 1. The molecule has 6 heteroatoms. The Bertz CT molecular complexity index is 957. The molecule has 1 unspecified atom stereocenters. The summed E-state index contributed by atoms with van der Waals surface area (Å²) in [6.45, 7) is 10.9. The zero-order chi connectivity index (χ0) is 24.9. The van der Waals surface area contributed by atoms with E-state index in [1.165, 1.54) is 17.7 Å². The second kappa shape index (κ2) is 11.1. The van der Waals surface area contributed by atoms with Crippen LogP contribution >= 0.6 is 0 Å². The van der Waals surface area contributed by atoms with Crippen LogP contribution in [0.1, 0.15) is 51.5 Å². The van der Waals surface area contributed by atoms with Crippen molar-refractivity contribution in [2.24, 2.45) is 11.8 Å². The van der Waals surface area contributed by atoms with Crippen molar-refractivity contribution in [1.82, 2.24) is 0 Å². The van der Waals surface area contributed by atoms with E-state index < -0.39 is 11.7 Å². The number of hydrogen-bond acceptors (Lipinski definition) is 3. The number of alkyl halides is 3. The first-order valence-electron chi connectivity index (χ1n) is 12.0. The van der Waals surface area contributed by atoms with Crippen molar-refractivity contribution in [2.75, 3.05) is 18.1 Å². The van der Waals surface area contributed by atoms with Gasteiger partial charge in [0.2, 0.25) is 0 Å². The normalized spacial score (nSPS) is 24.3. The Balaban J connectivity index is 2.00. The van der Waals surface area contributed by atoms with Crippen LogP contribution in [-0.4, -0.2) is 31.3 Å². The SMILES string of the molecule is C=CC[C@@H]1/C(=C/C(=O)OCC)CCN(c2ccc(C(C)C)cc2)[C@H]1C1C=CC(C(F)(F)F)=CC1. The van der Waals surface area contributed by atoms with Crippen molar-refractivity contribution >= 4 is 11.7 Å². The zero-order valence-corrected chi connectivity index (χ0v) is 20.1. The van der Waals surface area contributed by atoms with Gasteiger partial charge in [0, 0.05) is 36.2 Å². The molecule has 1 saturated heterocycles. The minimum Gasteiger partial charge on any atom is -0.463 e. The van der Waals surface area contributed by atoms with E-state index in [4.69, 9.17) is 4.74 Å². The third-order valence-electron chi connectivity index (χ3n) is 6.69. The Morgan fingerprint density at radius 2 is 1.97 bits per heavy atom. The third kappa shape index (κ3) is 6.02. The second-order valence-corrected chi connectivity index (χ2v) is 9.20. The molecule has 0 saturated carbocycles. The molecule has 3 rings (SSSR count). The number of nitrogens with zero attached hydrogens (tertiary/aromatic N) is 1. The molecular formula is C28H34F3NO2. The molecule has 34 heavy (non-hydrogen) atoms. The Hall–Kier alpha value is -2.76. The Morgan fingerprint density at radius 1 is 1.26 bits per heavy atom. The first-order chi connectivity index (χ1) is 16.2. The van der Waals surface area contributed by atoms with Crippen molar-refractivity contribution < 1.29 is 22.7 Å². The van der Waals surface area contributed by atoms with Gasteiger partial charge in [-0.15, -0.1) is 6.58 Å². The van der Waals surface area contributed by atoms with E-state index in [1.54, 1.807) is 19.1 Å². The number of ether oxygens (including phenoxy) is 1. The maximum absolute atomic E-state index is 13.2. The fourth-order valence-corrected chi connectivity index (χ4v) is 4.99. The van der Waals surface area contributed by atoms with Gasteiger partial charge in [0.1, 0.15) is 0 Å². The summed E-state index contributed by atoms with van der Waals surface area (Å²) in [6.07, 6.45) is 4.82. The number of rotatable bonds is 7. The summed E-state index contributed by atoms with van der Waals surface area (Å²) in [5, 5.41) is 0. The number of halogens is 3. The summed E-state index contributed by atoms with van der Waals surface area (Å²) in [5.41, 5.74) is 2.64. The fraction of sp³-hybridized carbons (Fsp3) is 0.464. The molecule has 0 amide bonds. The highest BCUT2D eigenvalue weighted by molar-refractivity contribution is 5.83. The molecule has 0 aromatic heterocycles.